The van der Waals surface area contributed by atoms with Crippen LogP contribution in [0.25, 0.3) is 0 Å². The largest absolute Gasteiger partial charge is 0.416 e. The van der Waals surface area contributed by atoms with Gasteiger partial charge in [-0.2, -0.15) is 0 Å². The number of hydrogen-bond acceptors (Lipinski definition) is 4. The van der Waals surface area contributed by atoms with E-state index in [1.807, 2.05) is 24.3 Å². The molecule has 0 spiro atoms. The zero-order chi connectivity index (χ0) is 16.1. The molecule has 3 rings (SSSR count). The van der Waals surface area contributed by atoms with Gasteiger partial charge in [0, 0.05) is 10.8 Å². The molecule has 3 nitrogen and oxygen atoms in total. The highest BCUT2D eigenvalue weighted by atomic mass is 35.5. The van der Waals surface area contributed by atoms with Crippen LogP contribution < -0.4 is 0 Å². The SMILES string of the molecule is CCc1ccc(Cc2nnc(SCc3ccc(Cl)cc3)o2)cc1. The Hall–Kier alpha value is -1.78. The van der Waals surface area contributed by atoms with Crippen molar-refractivity contribution in [3.8, 4) is 0 Å². The minimum atomic E-state index is 0.597. The molecule has 0 amide bonds. The first-order valence-corrected chi connectivity index (χ1v) is 8.86. The molecule has 3 aromatic rings. The number of nitrogens with zero attached hydrogens (tertiary/aromatic N) is 2. The maximum atomic E-state index is 5.88. The summed E-state index contributed by atoms with van der Waals surface area (Å²) < 4.78 is 5.70. The van der Waals surface area contributed by atoms with E-state index in [-0.39, 0.29) is 0 Å². The Labute approximate surface area is 145 Å². The Balaban J connectivity index is 1.57. The number of halogens is 1. The number of benzene rings is 2. The van der Waals surface area contributed by atoms with Crippen LogP contribution >= 0.6 is 23.4 Å². The van der Waals surface area contributed by atoms with Crippen LogP contribution in [-0.2, 0) is 18.6 Å². The second-order valence-corrected chi connectivity index (χ2v) is 6.59. The van der Waals surface area contributed by atoms with Gasteiger partial charge < -0.3 is 4.42 Å². The lowest BCUT2D eigenvalue weighted by Crippen LogP contribution is -1.89. The molecule has 1 aromatic heterocycles. The molecule has 2 aromatic carbocycles. The molecule has 0 radical (unpaired) electrons. The summed E-state index contributed by atoms with van der Waals surface area (Å²) in [6, 6.07) is 16.3. The summed E-state index contributed by atoms with van der Waals surface area (Å²) in [6.07, 6.45) is 1.71. The van der Waals surface area contributed by atoms with Crippen LogP contribution in [0.3, 0.4) is 0 Å². The summed E-state index contributed by atoms with van der Waals surface area (Å²) in [6.45, 7) is 2.15. The second-order valence-electron chi connectivity index (χ2n) is 5.22. The molecule has 0 fully saturated rings. The molecule has 0 saturated carbocycles. The molecular weight excluding hydrogens is 328 g/mol. The predicted molar refractivity (Wildman–Crippen MR) is 93.9 cm³/mol. The van der Waals surface area contributed by atoms with Crippen molar-refractivity contribution in [2.45, 2.75) is 30.7 Å². The molecule has 0 atom stereocenters. The summed E-state index contributed by atoms with van der Waals surface area (Å²) in [7, 11) is 0. The van der Waals surface area contributed by atoms with Crippen LogP contribution in [0.5, 0.6) is 0 Å². The first kappa shape index (κ1) is 16.1. The highest BCUT2D eigenvalue weighted by molar-refractivity contribution is 7.98. The van der Waals surface area contributed by atoms with Gasteiger partial charge in [0.25, 0.3) is 5.22 Å². The van der Waals surface area contributed by atoms with Gasteiger partial charge in [-0.3, -0.25) is 0 Å². The summed E-state index contributed by atoms with van der Waals surface area (Å²) in [4.78, 5) is 0. The van der Waals surface area contributed by atoms with E-state index >= 15 is 0 Å². The minimum absolute atomic E-state index is 0.597. The monoisotopic (exact) mass is 344 g/mol. The van der Waals surface area contributed by atoms with Crippen molar-refractivity contribution >= 4 is 23.4 Å². The Bertz CT molecular complexity index is 753. The Morgan fingerprint density at radius 2 is 1.57 bits per heavy atom. The topological polar surface area (TPSA) is 38.9 Å². The highest BCUT2D eigenvalue weighted by Crippen LogP contribution is 2.23. The van der Waals surface area contributed by atoms with E-state index < -0.39 is 0 Å². The van der Waals surface area contributed by atoms with Gasteiger partial charge in [-0.1, -0.05) is 66.7 Å². The summed E-state index contributed by atoms with van der Waals surface area (Å²) in [5.41, 5.74) is 3.69. The Kier molecular flexibility index (Phi) is 5.36. The van der Waals surface area contributed by atoms with Gasteiger partial charge in [0.05, 0.1) is 6.42 Å². The Morgan fingerprint density at radius 1 is 0.913 bits per heavy atom. The fraction of sp³-hybridized carbons (Fsp3) is 0.222. The molecule has 0 aliphatic rings. The number of rotatable bonds is 6. The molecule has 23 heavy (non-hydrogen) atoms. The van der Waals surface area contributed by atoms with E-state index in [2.05, 4.69) is 41.4 Å². The molecular formula is C18H17ClN2OS. The van der Waals surface area contributed by atoms with E-state index in [9.17, 15) is 0 Å². The van der Waals surface area contributed by atoms with E-state index in [0.29, 0.717) is 17.5 Å². The van der Waals surface area contributed by atoms with Crippen molar-refractivity contribution in [1.82, 2.24) is 10.2 Å². The van der Waals surface area contributed by atoms with Gasteiger partial charge in [-0.25, -0.2) is 0 Å². The Morgan fingerprint density at radius 3 is 2.26 bits per heavy atom. The van der Waals surface area contributed by atoms with E-state index in [4.69, 9.17) is 16.0 Å². The van der Waals surface area contributed by atoms with Crippen LogP contribution in [0, 0.1) is 0 Å². The number of thioether (sulfide) groups is 1. The van der Waals surface area contributed by atoms with E-state index in [1.165, 1.54) is 28.5 Å². The first-order valence-electron chi connectivity index (χ1n) is 7.50. The molecule has 0 unspecified atom stereocenters. The molecule has 0 saturated heterocycles. The van der Waals surface area contributed by atoms with Crippen LogP contribution in [0.2, 0.25) is 5.02 Å². The fourth-order valence-electron chi connectivity index (χ4n) is 2.16. The fourth-order valence-corrected chi connectivity index (χ4v) is 3.02. The average Bonchev–Trinajstić information content (AvgIpc) is 3.02. The molecule has 118 valence electrons. The van der Waals surface area contributed by atoms with E-state index in [0.717, 1.165) is 17.2 Å². The highest BCUT2D eigenvalue weighted by Gasteiger charge is 2.08. The third-order valence-corrected chi connectivity index (χ3v) is 4.65. The van der Waals surface area contributed by atoms with Gasteiger partial charge in [0.15, 0.2) is 0 Å². The lowest BCUT2D eigenvalue weighted by Gasteiger charge is -2.00. The summed E-state index contributed by atoms with van der Waals surface area (Å²) in [5.74, 6) is 1.43. The van der Waals surface area contributed by atoms with Gasteiger partial charge in [-0.05, 0) is 35.2 Å². The van der Waals surface area contributed by atoms with Crippen LogP contribution in [0.4, 0.5) is 0 Å². The normalized spacial score (nSPS) is 10.9. The van der Waals surface area contributed by atoms with Crippen molar-refractivity contribution in [2.24, 2.45) is 0 Å². The van der Waals surface area contributed by atoms with Crippen molar-refractivity contribution in [2.75, 3.05) is 0 Å². The lowest BCUT2D eigenvalue weighted by atomic mass is 10.1. The number of aromatic nitrogens is 2. The minimum Gasteiger partial charge on any atom is -0.416 e. The maximum Gasteiger partial charge on any atom is 0.276 e. The zero-order valence-electron chi connectivity index (χ0n) is 12.8. The summed E-state index contributed by atoms with van der Waals surface area (Å²) in [5, 5.41) is 9.56. The van der Waals surface area contributed by atoms with Gasteiger partial charge in [0.1, 0.15) is 0 Å². The third-order valence-electron chi connectivity index (χ3n) is 3.51. The van der Waals surface area contributed by atoms with Crippen LogP contribution in [-0.4, -0.2) is 10.2 Å². The zero-order valence-corrected chi connectivity index (χ0v) is 14.4. The summed E-state index contributed by atoms with van der Waals surface area (Å²) >= 11 is 7.41. The molecule has 5 heteroatoms. The molecule has 0 aliphatic carbocycles. The standard InChI is InChI=1S/C18H17ClN2OS/c1-2-13-3-5-14(6-4-13)11-17-20-21-18(22-17)23-12-15-7-9-16(19)10-8-15/h3-10H,2,11-12H2,1H3. The lowest BCUT2D eigenvalue weighted by molar-refractivity contribution is 0.420. The van der Waals surface area contributed by atoms with Gasteiger partial charge in [0.2, 0.25) is 5.89 Å². The molecule has 0 bridgehead atoms. The molecule has 0 aliphatic heterocycles. The average molecular weight is 345 g/mol. The van der Waals surface area contributed by atoms with Crippen molar-refractivity contribution in [3.05, 3.63) is 76.1 Å². The quantitative estimate of drug-likeness (QED) is 0.578. The molecule has 0 N–H and O–H groups in total. The van der Waals surface area contributed by atoms with Crippen molar-refractivity contribution in [1.29, 1.82) is 0 Å². The van der Waals surface area contributed by atoms with Crippen LogP contribution in [0.1, 0.15) is 29.5 Å². The third kappa shape index (κ3) is 4.60. The second kappa shape index (κ2) is 7.66. The number of hydrogen-bond donors (Lipinski definition) is 0. The predicted octanol–water partition coefficient (Wildman–Crippen LogP) is 5.17. The molecule has 1 heterocycles. The smallest absolute Gasteiger partial charge is 0.276 e. The first-order chi connectivity index (χ1) is 11.2. The van der Waals surface area contributed by atoms with Gasteiger partial charge >= 0.3 is 0 Å². The van der Waals surface area contributed by atoms with Crippen molar-refractivity contribution < 1.29 is 4.42 Å². The van der Waals surface area contributed by atoms with Crippen LogP contribution in [0.15, 0.2) is 58.2 Å². The number of aryl methyl sites for hydroxylation is 1. The van der Waals surface area contributed by atoms with Crippen molar-refractivity contribution in [3.63, 3.8) is 0 Å². The van der Waals surface area contributed by atoms with Gasteiger partial charge in [-0.15, -0.1) is 10.2 Å². The maximum absolute atomic E-state index is 5.88. The van der Waals surface area contributed by atoms with E-state index in [1.54, 1.807) is 0 Å².